The molecule has 2 bridgehead atoms. The van der Waals surface area contributed by atoms with Crippen LogP contribution in [0.3, 0.4) is 0 Å². The Bertz CT molecular complexity index is 1670. The summed E-state index contributed by atoms with van der Waals surface area (Å²) < 4.78 is 57.1. The van der Waals surface area contributed by atoms with Crippen molar-refractivity contribution in [2.45, 2.75) is 83.5 Å². The fourth-order valence-electron chi connectivity index (χ4n) is 6.76. The Morgan fingerprint density at radius 1 is 1.02 bits per heavy atom. The third kappa shape index (κ3) is 4.15. The Hall–Kier alpha value is -3.44. The second-order valence-electron chi connectivity index (χ2n) is 12.2. The predicted molar refractivity (Wildman–Crippen MR) is 146 cm³/mol. The van der Waals surface area contributed by atoms with Gasteiger partial charge >= 0.3 is 17.9 Å². The van der Waals surface area contributed by atoms with Crippen LogP contribution in [0.1, 0.15) is 110 Å². The van der Waals surface area contributed by atoms with Crippen LogP contribution < -0.4 is 14.2 Å². The number of carbonyl (C=O) groups excluding carboxylic acids is 3. The van der Waals surface area contributed by atoms with Gasteiger partial charge < -0.3 is 18.6 Å². The lowest BCUT2D eigenvalue weighted by atomic mass is 9.77. The van der Waals surface area contributed by atoms with E-state index in [0.29, 0.717) is 18.3 Å². The van der Waals surface area contributed by atoms with E-state index >= 15 is 0 Å². The van der Waals surface area contributed by atoms with Gasteiger partial charge in [-0.25, -0.2) is 9.59 Å². The van der Waals surface area contributed by atoms with Crippen molar-refractivity contribution in [1.29, 1.82) is 0 Å². The van der Waals surface area contributed by atoms with Gasteiger partial charge in [0.25, 0.3) is 10.1 Å². The van der Waals surface area contributed by atoms with Crippen molar-refractivity contribution in [1.82, 2.24) is 0 Å². The number of ether oxygens (including phenoxy) is 3. The Balaban J connectivity index is 1.36. The number of hydrogen-bond acceptors (Lipinski definition) is 9. The van der Waals surface area contributed by atoms with Crippen LogP contribution >= 0.6 is 0 Å². The monoisotopic (exact) mass is 584 g/mol. The zero-order valence-corrected chi connectivity index (χ0v) is 24.3. The topological polar surface area (TPSA) is 146 Å². The minimum atomic E-state index is -4.57. The molecule has 2 aromatic heterocycles. The van der Waals surface area contributed by atoms with Crippen molar-refractivity contribution in [3.63, 3.8) is 0 Å². The van der Waals surface area contributed by atoms with Gasteiger partial charge in [0.15, 0.2) is 11.2 Å². The number of carbonyl (C=O) groups is 3. The maximum Gasteiger partial charge on any atom is 0.348 e. The molecule has 218 valence electrons. The molecule has 1 aromatic carbocycles. The Labute approximate surface area is 237 Å². The van der Waals surface area contributed by atoms with E-state index in [1.807, 2.05) is 6.92 Å². The van der Waals surface area contributed by atoms with E-state index in [0.717, 1.165) is 25.7 Å². The molecule has 3 aliphatic rings. The summed E-state index contributed by atoms with van der Waals surface area (Å²) in [5.74, 6) is -1.94. The molecule has 3 heterocycles. The molecule has 2 aliphatic carbocycles. The third-order valence-corrected chi connectivity index (χ3v) is 10.1. The molecule has 1 N–H and O–H groups in total. The van der Waals surface area contributed by atoms with Crippen molar-refractivity contribution in [3.8, 4) is 17.2 Å². The predicted octanol–water partition coefficient (Wildman–Crippen LogP) is 6.24. The molecule has 2 fully saturated rings. The van der Waals surface area contributed by atoms with Crippen LogP contribution in [0.25, 0.3) is 11.2 Å². The highest BCUT2D eigenvalue weighted by Gasteiger charge is 2.54. The average Bonchev–Trinajstić information content (AvgIpc) is 3.57. The quantitative estimate of drug-likeness (QED) is 0.183. The maximum absolute atomic E-state index is 13.6. The smallest absolute Gasteiger partial charge is 0.348 e. The van der Waals surface area contributed by atoms with E-state index in [1.54, 1.807) is 27.7 Å². The fourth-order valence-corrected chi connectivity index (χ4v) is 7.94. The molecule has 0 radical (unpaired) electrons. The zero-order valence-electron chi connectivity index (χ0n) is 23.5. The first-order valence-electron chi connectivity index (χ1n) is 14.0. The molecule has 41 heavy (non-hydrogen) atoms. The Morgan fingerprint density at radius 3 is 2.10 bits per heavy atom. The van der Waals surface area contributed by atoms with E-state index in [1.165, 1.54) is 12.1 Å². The van der Waals surface area contributed by atoms with Crippen molar-refractivity contribution in [3.05, 3.63) is 34.4 Å². The molecular weight excluding hydrogens is 552 g/mol. The number of hydrogen-bond donors (Lipinski definition) is 1. The van der Waals surface area contributed by atoms with Crippen molar-refractivity contribution < 1.29 is 46.0 Å². The highest BCUT2D eigenvalue weighted by molar-refractivity contribution is 7.86. The molecule has 1 aliphatic heterocycles. The SMILES string of the molecule is CCC1(C(=O)Oc2c3c4oc2c(C(=O)Oc2cc(C(C)C)c(S(=O)(=O)O)c(C(C)C)c2)c4C(=O)O3)CC2CCC2C1. The average molecular weight is 585 g/mol. The van der Waals surface area contributed by atoms with Gasteiger partial charge in [-0.3, -0.25) is 9.35 Å². The van der Waals surface area contributed by atoms with Gasteiger partial charge in [-0.05, 0) is 79.0 Å². The van der Waals surface area contributed by atoms with E-state index < -0.39 is 33.4 Å². The van der Waals surface area contributed by atoms with Gasteiger partial charge in [-0.1, -0.05) is 34.6 Å². The van der Waals surface area contributed by atoms with Crippen LogP contribution in [-0.2, 0) is 14.9 Å². The maximum atomic E-state index is 13.6. The molecule has 0 amide bonds. The summed E-state index contributed by atoms with van der Waals surface area (Å²) in [5, 5.41) is 0. The lowest BCUT2D eigenvalue weighted by Gasteiger charge is -2.29. The van der Waals surface area contributed by atoms with Gasteiger partial charge in [0.2, 0.25) is 11.5 Å². The molecule has 10 nitrogen and oxygen atoms in total. The van der Waals surface area contributed by atoms with Crippen LogP contribution in [0.2, 0.25) is 0 Å². The summed E-state index contributed by atoms with van der Waals surface area (Å²) in [5.41, 5.74) is -0.504. The second kappa shape index (κ2) is 9.29. The summed E-state index contributed by atoms with van der Waals surface area (Å²) in [6.07, 6.45) is 4.31. The number of esters is 3. The molecule has 2 saturated carbocycles. The summed E-state index contributed by atoms with van der Waals surface area (Å²) in [4.78, 5) is 39.6. The second-order valence-corrected chi connectivity index (χ2v) is 13.6. The van der Waals surface area contributed by atoms with Crippen molar-refractivity contribution in [2.75, 3.05) is 0 Å². The van der Waals surface area contributed by atoms with Crippen LogP contribution in [0.15, 0.2) is 21.4 Å². The van der Waals surface area contributed by atoms with Crippen molar-refractivity contribution >= 4 is 39.2 Å². The van der Waals surface area contributed by atoms with Gasteiger partial charge in [0, 0.05) is 0 Å². The minimum Gasteiger partial charge on any atom is -0.447 e. The van der Waals surface area contributed by atoms with Gasteiger partial charge in [-0.2, -0.15) is 8.42 Å². The Morgan fingerprint density at radius 2 is 1.61 bits per heavy atom. The molecule has 2 unspecified atom stereocenters. The summed E-state index contributed by atoms with van der Waals surface area (Å²) in [6, 6.07) is 2.76. The molecule has 0 spiro atoms. The minimum absolute atomic E-state index is 0.0150. The van der Waals surface area contributed by atoms with Gasteiger partial charge in [0.1, 0.15) is 21.8 Å². The normalized spacial score (nSPS) is 23.3. The first-order valence-corrected chi connectivity index (χ1v) is 15.4. The number of fused-ring (bicyclic) bond motifs is 2. The summed E-state index contributed by atoms with van der Waals surface area (Å²) in [6.45, 7) is 8.97. The van der Waals surface area contributed by atoms with Crippen LogP contribution in [0, 0.1) is 17.3 Å². The first kappa shape index (κ1) is 27.7. The van der Waals surface area contributed by atoms with Crippen LogP contribution in [0.4, 0.5) is 0 Å². The molecule has 0 saturated heterocycles. The van der Waals surface area contributed by atoms with Gasteiger partial charge in [-0.15, -0.1) is 0 Å². The Kier molecular flexibility index (Phi) is 6.28. The highest BCUT2D eigenvalue weighted by Crippen LogP contribution is 2.58. The summed E-state index contributed by atoms with van der Waals surface area (Å²) in [7, 11) is -4.57. The van der Waals surface area contributed by atoms with Crippen molar-refractivity contribution in [2.24, 2.45) is 17.3 Å². The fraction of sp³-hybridized carbons (Fsp3) is 0.500. The molecule has 3 aromatic rings. The molecule has 2 atom stereocenters. The molecule has 6 rings (SSSR count). The van der Waals surface area contributed by atoms with E-state index in [4.69, 9.17) is 18.6 Å². The van der Waals surface area contributed by atoms with E-state index in [-0.39, 0.29) is 67.4 Å². The first-order chi connectivity index (χ1) is 19.3. The van der Waals surface area contributed by atoms with E-state index in [2.05, 4.69) is 0 Å². The van der Waals surface area contributed by atoms with Gasteiger partial charge in [0.05, 0.1) is 5.41 Å². The number of rotatable bonds is 8. The van der Waals surface area contributed by atoms with Crippen LogP contribution in [-0.4, -0.2) is 30.9 Å². The highest BCUT2D eigenvalue weighted by atomic mass is 32.2. The third-order valence-electron chi connectivity index (χ3n) is 9.15. The lowest BCUT2D eigenvalue weighted by molar-refractivity contribution is -0.146. The number of benzene rings is 2. The lowest BCUT2D eigenvalue weighted by Crippen LogP contribution is -2.32. The molecular formula is C30H32O10S. The molecule has 11 heteroatoms. The largest absolute Gasteiger partial charge is 0.447 e. The number of furan rings is 2. The standard InChI is InChI=1S/C30H32O10S/c1-6-30(11-15-7-8-16(15)12-30)29(33)40-25-23-20(21-22(38-23)24(25)39-28(21)32)27(31)37-17-9-18(13(2)3)26(41(34,35)36)19(10-17)14(4)5/h9-10,13-16H,6-8,11-12H2,1-5H3,(H,34,35,36). The summed E-state index contributed by atoms with van der Waals surface area (Å²) >= 11 is 0. The van der Waals surface area contributed by atoms with Crippen LogP contribution in [0.5, 0.6) is 17.2 Å². The zero-order chi connectivity index (χ0) is 29.6. The van der Waals surface area contributed by atoms with E-state index in [9.17, 15) is 27.4 Å².